The van der Waals surface area contributed by atoms with Crippen LogP contribution >= 0.6 is 0 Å². The lowest BCUT2D eigenvalue weighted by molar-refractivity contribution is -0.298. The topological polar surface area (TPSA) is 192 Å². The molecule has 0 saturated carbocycles. The monoisotopic (exact) mass is 1090 g/mol. The molecule has 1 aliphatic rings. The summed E-state index contributed by atoms with van der Waals surface area (Å²) >= 11 is 0. The van der Waals surface area contributed by atoms with Gasteiger partial charge in [-0.25, -0.2) is 4.18 Å². The van der Waals surface area contributed by atoms with E-state index in [4.69, 9.17) is 9.47 Å². The third-order valence-electron chi connectivity index (χ3n) is 15.6. The molecule has 0 aromatic carbocycles. The molecule has 0 aromatic heterocycles. The minimum Gasteiger partial charge on any atom is -0.394 e. The fourth-order valence-corrected chi connectivity index (χ4v) is 11.1. The summed E-state index contributed by atoms with van der Waals surface area (Å²) in [4.78, 5) is 13.1. The molecule has 0 spiro atoms. The highest BCUT2D eigenvalue weighted by Gasteiger charge is 2.48. The second-order valence-electron chi connectivity index (χ2n) is 22.7. The molecule has 1 aliphatic heterocycles. The number of hydrogen-bond donors (Lipinski definition) is 6. The van der Waals surface area contributed by atoms with Gasteiger partial charge in [-0.2, -0.15) is 8.42 Å². The molecule has 1 heterocycles. The van der Waals surface area contributed by atoms with Gasteiger partial charge >= 0.3 is 10.4 Å². The first-order chi connectivity index (χ1) is 36.5. The van der Waals surface area contributed by atoms with E-state index in [0.717, 1.165) is 38.5 Å². The van der Waals surface area contributed by atoms with Crippen molar-refractivity contribution in [1.29, 1.82) is 0 Å². The molecule has 0 aliphatic carbocycles. The zero-order valence-corrected chi connectivity index (χ0v) is 49.5. The van der Waals surface area contributed by atoms with Crippen molar-refractivity contribution in [3.63, 3.8) is 0 Å². The van der Waals surface area contributed by atoms with E-state index in [0.29, 0.717) is 6.42 Å². The number of carbonyl (C=O) groups is 1. The van der Waals surface area contributed by atoms with Crippen LogP contribution < -0.4 is 5.32 Å². The Morgan fingerprint density at radius 1 is 0.520 bits per heavy atom. The van der Waals surface area contributed by atoms with Crippen molar-refractivity contribution < 1.29 is 51.8 Å². The van der Waals surface area contributed by atoms with Gasteiger partial charge in [-0.05, 0) is 19.3 Å². The van der Waals surface area contributed by atoms with Crippen LogP contribution in [0.25, 0.3) is 0 Å². The maximum absolute atomic E-state index is 13.1. The lowest BCUT2D eigenvalue weighted by Gasteiger charge is -2.41. The summed E-state index contributed by atoms with van der Waals surface area (Å²) in [6, 6.07) is -0.940. The third kappa shape index (κ3) is 44.3. The first kappa shape index (κ1) is 71.9. The summed E-state index contributed by atoms with van der Waals surface area (Å²) in [6.07, 6.45) is 55.8. The Kier molecular flexibility index (Phi) is 50.0. The van der Waals surface area contributed by atoms with Crippen LogP contribution in [0.5, 0.6) is 0 Å². The minimum absolute atomic E-state index is 0.255. The molecule has 0 aromatic rings. The number of aliphatic hydroxyl groups is 4. The van der Waals surface area contributed by atoms with Crippen LogP contribution in [0.4, 0.5) is 0 Å². The van der Waals surface area contributed by atoms with E-state index < -0.39 is 59.9 Å². The number of rotatable bonds is 57. The van der Waals surface area contributed by atoms with Gasteiger partial charge in [0.15, 0.2) is 6.29 Å². The molecule has 1 amide bonds. The molecule has 0 bridgehead atoms. The van der Waals surface area contributed by atoms with Crippen molar-refractivity contribution in [2.75, 3.05) is 13.2 Å². The fourth-order valence-electron chi connectivity index (χ4n) is 10.6. The summed E-state index contributed by atoms with van der Waals surface area (Å²) in [5.41, 5.74) is 0. The van der Waals surface area contributed by atoms with Gasteiger partial charge in [0, 0.05) is 6.42 Å². The second-order valence-corrected chi connectivity index (χ2v) is 23.8. The molecule has 75 heavy (non-hydrogen) atoms. The first-order valence-corrected chi connectivity index (χ1v) is 33.4. The van der Waals surface area contributed by atoms with Crippen LogP contribution in [-0.4, -0.2) is 95.4 Å². The predicted octanol–water partition coefficient (Wildman–Crippen LogP) is 15.8. The quantitative estimate of drug-likeness (QED) is 0.0193. The van der Waals surface area contributed by atoms with Crippen molar-refractivity contribution in [3.05, 3.63) is 12.2 Å². The van der Waals surface area contributed by atoms with Crippen LogP contribution in [0.3, 0.4) is 0 Å². The number of aliphatic hydroxyl groups excluding tert-OH is 4. The van der Waals surface area contributed by atoms with E-state index >= 15 is 0 Å². The van der Waals surface area contributed by atoms with E-state index in [1.165, 1.54) is 257 Å². The van der Waals surface area contributed by atoms with Gasteiger partial charge in [0.05, 0.1) is 25.4 Å². The molecule has 1 fully saturated rings. The molecule has 12 nitrogen and oxygen atoms in total. The number of allylic oxidation sites excluding steroid dienone is 1. The van der Waals surface area contributed by atoms with Crippen LogP contribution in [-0.2, 0) is 28.9 Å². The van der Waals surface area contributed by atoms with Crippen LogP contribution in [0.15, 0.2) is 12.2 Å². The molecule has 13 heteroatoms. The highest BCUT2D eigenvalue weighted by molar-refractivity contribution is 7.80. The first-order valence-electron chi connectivity index (χ1n) is 32.1. The van der Waals surface area contributed by atoms with Crippen LogP contribution in [0, 0.1) is 0 Å². The number of carbonyl (C=O) groups excluding carboxylic acids is 1. The summed E-state index contributed by atoms with van der Waals surface area (Å²) in [6.45, 7) is 3.44. The van der Waals surface area contributed by atoms with Gasteiger partial charge in [-0.15, -0.1) is 0 Å². The number of ether oxygens (including phenoxy) is 2. The number of hydrogen-bond acceptors (Lipinski definition) is 10. The lowest BCUT2D eigenvalue weighted by atomic mass is 9.99. The zero-order chi connectivity index (χ0) is 54.7. The SMILES string of the molecule is CCCCCCCCCCCCCCC/C=C/C(O)C(COC1OC(CO)C(O)C(OS(=O)(=O)O)C1O)NC(=O)CCCCCCCCCCCCCCCCCCCCCCCCCCCCCCCCCCC. The Hall–Kier alpha value is -1.16. The summed E-state index contributed by atoms with van der Waals surface area (Å²) < 4.78 is 47.9. The van der Waals surface area contributed by atoms with Gasteiger partial charge in [0.1, 0.15) is 24.4 Å². The summed E-state index contributed by atoms with van der Waals surface area (Å²) in [5, 5.41) is 45.0. The molecule has 7 unspecified atom stereocenters. The predicted molar refractivity (Wildman–Crippen MR) is 310 cm³/mol. The zero-order valence-electron chi connectivity index (χ0n) is 48.6. The lowest BCUT2D eigenvalue weighted by Crippen LogP contribution is -2.61. The molecule has 0 radical (unpaired) electrons. The smallest absolute Gasteiger partial charge is 0.394 e. The summed E-state index contributed by atoms with van der Waals surface area (Å²) in [5.74, 6) is -0.255. The minimum atomic E-state index is -5.09. The Labute approximate surface area is 461 Å². The Morgan fingerprint density at radius 3 is 1.16 bits per heavy atom. The van der Waals surface area contributed by atoms with E-state index in [1.54, 1.807) is 6.08 Å². The Morgan fingerprint density at radius 2 is 0.840 bits per heavy atom. The fraction of sp³-hybridized carbons (Fsp3) is 0.952. The van der Waals surface area contributed by atoms with Crippen molar-refractivity contribution in [1.82, 2.24) is 5.32 Å². The molecule has 446 valence electrons. The molecule has 6 N–H and O–H groups in total. The number of unbranched alkanes of at least 4 members (excludes halogenated alkanes) is 45. The molecule has 7 atom stereocenters. The van der Waals surface area contributed by atoms with Crippen LogP contribution in [0.1, 0.15) is 322 Å². The van der Waals surface area contributed by atoms with Crippen molar-refractivity contribution in [3.8, 4) is 0 Å². The molecule has 1 rings (SSSR count). The average molecular weight is 1090 g/mol. The van der Waals surface area contributed by atoms with Crippen molar-refractivity contribution in [2.45, 2.75) is 365 Å². The van der Waals surface area contributed by atoms with Crippen molar-refractivity contribution >= 4 is 16.3 Å². The summed E-state index contributed by atoms with van der Waals surface area (Å²) in [7, 11) is -5.09. The third-order valence-corrected chi connectivity index (χ3v) is 16.0. The Bertz CT molecular complexity index is 1370. The second kappa shape index (κ2) is 52.2. The number of amides is 1. The average Bonchev–Trinajstić information content (AvgIpc) is 3.39. The Balaban J connectivity index is 2.20. The van der Waals surface area contributed by atoms with Gasteiger partial charge in [-0.3, -0.25) is 9.35 Å². The maximum Gasteiger partial charge on any atom is 0.397 e. The van der Waals surface area contributed by atoms with Gasteiger partial charge in [0.25, 0.3) is 0 Å². The molecule has 1 saturated heterocycles. The van der Waals surface area contributed by atoms with Gasteiger partial charge in [0.2, 0.25) is 5.91 Å². The number of nitrogens with one attached hydrogen (secondary N) is 1. The molecular formula is C62H121NO11S. The van der Waals surface area contributed by atoms with Crippen molar-refractivity contribution in [2.24, 2.45) is 0 Å². The van der Waals surface area contributed by atoms with Crippen LogP contribution in [0.2, 0.25) is 0 Å². The van der Waals surface area contributed by atoms with Gasteiger partial charge in [-0.1, -0.05) is 309 Å². The van der Waals surface area contributed by atoms with Gasteiger partial charge < -0.3 is 35.2 Å². The largest absolute Gasteiger partial charge is 0.397 e. The van der Waals surface area contributed by atoms with E-state index in [9.17, 15) is 38.2 Å². The van der Waals surface area contributed by atoms with E-state index in [2.05, 4.69) is 23.3 Å². The normalized spacial score (nSPS) is 19.1. The highest BCUT2D eigenvalue weighted by atomic mass is 32.3. The highest BCUT2D eigenvalue weighted by Crippen LogP contribution is 2.26. The standard InChI is InChI=1S/C62H121NO11S/c1-3-5-7-9-11-13-15-17-19-20-21-22-23-24-25-26-27-28-29-30-31-32-33-34-35-36-38-40-42-44-46-48-50-52-58(66)63-55(54-72-62-60(68)61(74-75(69,70)71)59(67)57(53-64)73-62)56(65)51-49-47-45-43-41-39-37-18-16-14-12-10-8-6-4-2/h49,51,55-57,59-62,64-65,67-68H,3-48,50,52-54H2,1-2H3,(H,63,66)(H,69,70,71)/b51-49+. The molecular weight excluding hydrogens is 967 g/mol. The van der Waals surface area contributed by atoms with E-state index in [1.807, 2.05) is 6.08 Å². The maximum atomic E-state index is 13.1. The van der Waals surface area contributed by atoms with E-state index in [-0.39, 0.29) is 18.9 Å².